The molecule has 2 heterocycles. The summed E-state index contributed by atoms with van der Waals surface area (Å²) in [6, 6.07) is 19.3. The molecule has 7 nitrogen and oxygen atoms in total. The van der Waals surface area contributed by atoms with E-state index in [4.69, 9.17) is 17.9 Å². The Balaban J connectivity index is 0.00000112. The summed E-state index contributed by atoms with van der Waals surface area (Å²) in [5.41, 5.74) is 5.58. The minimum Gasteiger partial charge on any atom is -0.508 e. The minimum absolute atomic E-state index is 0.196. The molecule has 0 amide bonds. The van der Waals surface area contributed by atoms with Gasteiger partial charge in [-0.25, -0.2) is 0 Å². The van der Waals surface area contributed by atoms with Crippen LogP contribution in [0.4, 0.5) is 0 Å². The molecule has 3 atom stereocenters. The molecule has 3 aromatic rings. The quantitative estimate of drug-likeness (QED) is 0.395. The minimum atomic E-state index is -0.750. The van der Waals surface area contributed by atoms with Crippen molar-refractivity contribution >= 4 is 22.7 Å². The molecule has 5 rings (SSSR count). The fourth-order valence-electron chi connectivity index (χ4n) is 5.37. The van der Waals surface area contributed by atoms with Crippen LogP contribution in [0.2, 0.25) is 0 Å². The van der Waals surface area contributed by atoms with Gasteiger partial charge in [-0.3, -0.25) is 4.90 Å². The second-order valence-corrected chi connectivity index (χ2v) is 10.5. The number of phenolic OH excluding ortho intramolecular Hbond substituents is 2. The number of nitrogens with zero attached hydrogens (tertiary/aromatic N) is 1. The summed E-state index contributed by atoms with van der Waals surface area (Å²) in [5, 5.41) is 20.5. The van der Waals surface area contributed by atoms with Crippen LogP contribution >= 0.6 is 0 Å². The molecule has 2 N–H and O–H groups in total. The zero-order chi connectivity index (χ0) is 28.1. The number of ether oxygens (including phenoxy) is 2. The Bertz CT molecular complexity index is 1380. The Hall–Kier alpha value is -3.62. The Labute approximate surface area is 233 Å². The van der Waals surface area contributed by atoms with Crippen LogP contribution in [0.15, 0.2) is 60.7 Å². The maximum absolute atomic E-state index is 10.4. The zero-order valence-electron chi connectivity index (χ0n) is 22.7. The second kappa shape index (κ2) is 12.5. The molecule has 39 heavy (non-hydrogen) atoms. The van der Waals surface area contributed by atoms with E-state index in [9.17, 15) is 10.2 Å². The van der Waals surface area contributed by atoms with Crippen molar-refractivity contribution in [3.63, 3.8) is 0 Å². The van der Waals surface area contributed by atoms with Gasteiger partial charge < -0.3 is 19.7 Å². The van der Waals surface area contributed by atoms with Crippen molar-refractivity contribution in [3.05, 3.63) is 82.9 Å². The van der Waals surface area contributed by atoms with Crippen LogP contribution in [0.1, 0.15) is 55.5 Å². The predicted molar refractivity (Wildman–Crippen MR) is 152 cm³/mol. The lowest BCUT2D eigenvalue weighted by molar-refractivity contribution is 0.169. The van der Waals surface area contributed by atoms with Crippen molar-refractivity contribution in [2.75, 3.05) is 19.7 Å². The van der Waals surface area contributed by atoms with Crippen molar-refractivity contribution in [3.8, 4) is 23.0 Å². The Morgan fingerprint density at radius 1 is 1.05 bits per heavy atom. The number of allylic oxidation sites excluding steroid dienone is 1. The highest BCUT2D eigenvalue weighted by Gasteiger charge is 2.31. The molecule has 2 aliphatic heterocycles. The van der Waals surface area contributed by atoms with Gasteiger partial charge in [0, 0.05) is 23.7 Å². The van der Waals surface area contributed by atoms with Crippen LogP contribution in [0, 0.1) is 12.8 Å². The van der Waals surface area contributed by atoms with Crippen LogP contribution in [0.25, 0.3) is 11.1 Å². The highest BCUT2D eigenvalue weighted by atomic mass is 32.1. The van der Waals surface area contributed by atoms with Gasteiger partial charge in [0.1, 0.15) is 35.7 Å². The Morgan fingerprint density at radius 2 is 1.77 bits per heavy atom. The van der Waals surface area contributed by atoms with Crippen molar-refractivity contribution in [2.24, 2.45) is 5.92 Å². The number of rotatable bonds is 6. The van der Waals surface area contributed by atoms with E-state index < -0.39 is 11.6 Å². The maximum Gasteiger partial charge on any atom is 0.335 e. The third-order valence-electron chi connectivity index (χ3n) is 7.63. The number of benzene rings is 3. The lowest BCUT2D eigenvalue weighted by Crippen LogP contribution is -2.35. The summed E-state index contributed by atoms with van der Waals surface area (Å²) in [6.45, 7) is 11.5. The van der Waals surface area contributed by atoms with Crippen molar-refractivity contribution < 1.29 is 28.1 Å². The number of aromatic hydroxyl groups is 2. The smallest absolute Gasteiger partial charge is 0.335 e. The monoisotopic (exact) mass is 549 g/mol. The van der Waals surface area contributed by atoms with Gasteiger partial charge in [-0.05, 0) is 98.3 Å². The molecule has 1 saturated heterocycles. The summed E-state index contributed by atoms with van der Waals surface area (Å²) in [7, 11) is 0. The molecular weight excluding hydrogens is 514 g/mol. The van der Waals surface area contributed by atoms with Crippen LogP contribution in [-0.4, -0.2) is 49.3 Å². The van der Waals surface area contributed by atoms with E-state index in [-0.39, 0.29) is 17.6 Å². The first-order valence-corrected chi connectivity index (χ1v) is 13.8. The molecule has 206 valence electrons. The van der Waals surface area contributed by atoms with Gasteiger partial charge in [-0.2, -0.15) is 8.42 Å². The summed E-state index contributed by atoms with van der Waals surface area (Å²) < 4.78 is 29.2. The molecule has 0 aromatic heterocycles. The molecule has 2 aliphatic rings. The van der Waals surface area contributed by atoms with Gasteiger partial charge in [0.2, 0.25) is 0 Å². The molecule has 1 fully saturated rings. The average Bonchev–Trinajstić information content (AvgIpc) is 3.36. The van der Waals surface area contributed by atoms with Crippen LogP contribution < -0.4 is 9.47 Å². The molecule has 0 bridgehead atoms. The standard InChI is InChI=1S/C31H35NO4.O2S/c1-19-14-15-32(17-19)20(2)18-35-25-11-8-23(9-12-25)31-30(26-6-5-7-28(34)21(26)3)22(4)27-16-24(33)10-13-29(27)36-31;1-3-2/h5-13,16,19-20,31,33-34H,14-15,17-18H2,1-4H3;/t19-,20+,31?;/m1./s1. The van der Waals surface area contributed by atoms with Gasteiger partial charge >= 0.3 is 11.6 Å². The van der Waals surface area contributed by atoms with E-state index in [1.165, 1.54) is 6.42 Å². The summed E-state index contributed by atoms with van der Waals surface area (Å²) >= 11 is -0.750. The topological polar surface area (TPSA) is 96.3 Å². The number of phenols is 2. The van der Waals surface area contributed by atoms with E-state index in [1.54, 1.807) is 18.2 Å². The van der Waals surface area contributed by atoms with E-state index in [2.05, 4.69) is 30.9 Å². The molecule has 0 aliphatic carbocycles. The molecule has 3 aromatic carbocycles. The Morgan fingerprint density at radius 3 is 2.44 bits per heavy atom. The molecular formula is C31H35NO6S. The van der Waals surface area contributed by atoms with E-state index >= 15 is 0 Å². The zero-order valence-corrected chi connectivity index (χ0v) is 23.5. The van der Waals surface area contributed by atoms with Crippen LogP contribution in [0.5, 0.6) is 23.0 Å². The number of hydrogen-bond acceptors (Lipinski definition) is 7. The van der Waals surface area contributed by atoms with E-state index in [0.29, 0.717) is 12.6 Å². The van der Waals surface area contributed by atoms with Crippen molar-refractivity contribution in [2.45, 2.75) is 46.3 Å². The first-order chi connectivity index (χ1) is 18.7. The van der Waals surface area contributed by atoms with Crippen molar-refractivity contribution in [1.29, 1.82) is 0 Å². The van der Waals surface area contributed by atoms with Crippen molar-refractivity contribution in [1.82, 2.24) is 4.90 Å². The van der Waals surface area contributed by atoms with Gasteiger partial charge in [0.15, 0.2) is 0 Å². The molecule has 1 unspecified atom stereocenters. The van der Waals surface area contributed by atoms with Gasteiger partial charge in [0.25, 0.3) is 0 Å². The molecule has 0 radical (unpaired) electrons. The number of fused-ring (bicyclic) bond motifs is 1. The van der Waals surface area contributed by atoms with Gasteiger partial charge in [-0.1, -0.05) is 31.2 Å². The van der Waals surface area contributed by atoms with Gasteiger partial charge in [-0.15, -0.1) is 0 Å². The SMILES string of the molecule is CC1=C(c2cccc(O)c2C)C(c2ccc(OC[C@H](C)N3CC[C@@H](C)C3)cc2)Oc2ccc(O)cc21.O=S=O. The first kappa shape index (κ1) is 28.4. The number of hydrogen-bond donors (Lipinski definition) is 2. The number of likely N-dealkylation sites (tertiary alicyclic amines) is 1. The lowest BCUT2D eigenvalue weighted by atomic mass is 9.84. The largest absolute Gasteiger partial charge is 0.508 e. The third kappa shape index (κ3) is 6.34. The summed E-state index contributed by atoms with van der Waals surface area (Å²) in [4.78, 5) is 2.50. The lowest BCUT2D eigenvalue weighted by Gasteiger charge is -2.32. The van der Waals surface area contributed by atoms with Crippen LogP contribution in [0.3, 0.4) is 0 Å². The van der Waals surface area contributed by atoms with Crippen LogP contribution in [-0.2, 0) is 11.6 Å². The molecule has 0 saturated carbocycles. The third-order valence-corrected chi connectivity index (χ3v) is 7.63. The average molecular weight is 550 g/mol. The fraction of sp³-hybridized carbons (Fsp3) is 0.355. The Kier molecular flexibility index (Phi) is 9.09. The summed E-state index contributed by atoms with van der Waals surface area (Å²) in [5.74, 6) is 2.78. The van der Waals surface area contributed by atoms with Gasteiger partial charge in [0.05, 0.1) is 0 Å². The highest BCUT2D eigenvalue weighted by molar-refractivity contribution is 7.51. The van der Waals surface area contributed by atoms with E-state index in [1.807, 2.05) is 44.2 Å². The summed E-state index contributed by atoms with van der Waals surface area (Å²) in [6.07, 6.45) is 0.901. The predicted octanol–water partition coefficient (Wildman–Crippen LogP) is 5.91. The normalized spacial score (nSPS) is 19.4. The maximum atomic E-state index is 10.4. The molecule has 8 heteroatoms. The van der Waals surface area contributed by atoms with E-state index in [0.717, 1.165) is 63.9 Å². The molecule has 0 spiro atoms. The second-order valence-electron chi connectivity index (χ2n) is 10.4. The fourth-order valence-corrected chi connectivity index (χ4v) is 5.37. The first-order valence-electron chi connectivity index (χ1n) is 13.1. The highest BCUT2D eigenvalue weighted by Crippen LogP contribution is 2.48.